The average molecular weight is 302 g/mol. The van der Waals surface area contributed by atoms with Gasteiger partial charge < -0.3 is 39.6 Å². The molecule has 17 heavy (non-hydrogen) atoms. The summed E-state index contributed by atoms with van der Waals surface area (Å²) in [6.45, 7) is 0.833. The van der Waals surface area contributed by atoms with Crippen LogP contribution in [-0.2, 0) is 18.7 Å². The molecular formula is C3H12O12P2. The molecule has 14 heteroatoms. The van der Waals surface area contributed by atoms with Gasteiger partial charge in [-0.3, -0.25) is 9.59 Å². The molecule has 0 radical (unpaired) electrons. The summed E-state index contributed by atoms with van der Waals surface area (Å²) in [5.74, 6) is -0.833. The zero-order valence-electron chi connectivity index (χ0n) is 8.18. The molecule has 0 aromatic rings. The molecule has 0 aliphatic heterocycles. The molecule has 0 unspecified atom stereocenters. The minimum absolute atomic E-state index is 0.250. The van der Waals surface area contributed by atoms with Crippen molar-refractivity contribution in [3.05, 3.63) is 0 Å². The highest BCUT2D eigenvalue weighted by molar-refractivity contribution is 7.45. The van der Waals surface area contributed by atoms with Crippen molar-refractivity contribution >= 4 is 28.1 Å². The minimum Gasteiger partial charge on any atom is -0.483 e. The topological polar surface area (TPSA) is 230 Å². The lowest BCUT2D eigenvalue weighted by molar-refractivity contribution is -0.134. The third-order valence-electron chi connectivity index (χ3n) is 0. The van der Waals surface area contributed by atoms with Gasteiger partial charge >= 0.3 is 15.6 Å². The number of hydrogen-bond donors (Lipinski definition) is 8. The van der Waals surface area contributed by atoms with Crippen LogP contribution in [0.15, 0.2) is 0 Å². The first-order valence-electron chi connectivity index (χ1n) is 2.99. The van der Waals surface area contributed by atoms with Crippen LogP contribution in [0.4, 0.5) is 0 Å². The SMILES string of the molecule is CC(=O)O.O=CO.O=P(O)(O)O.O=P(O)(O)O. The highest BCUT2D eigenvalue weighted by atomic mass is 31.2. The lowest BCUT2D eigenvalue weighted by atomic mass is 10.9. The van der Waals surface area contributed by atoms with Crippen molar-refractivity contribution in [2.45, 2.75) is 6.92 Å². The van der Waals surface area contributed by atoms with Crippen molar-refractivity contribution in [2.24, 2.45) is 0 Å². The van der Waals surface area contributed by atoms with Gasteiger partial charge in [-0.1, -0.05) is 0 Å². The fourth-order valence-corrected chi connectivity index (χ4v) is 0. The number of aliphatic carboxylic acids is 1. The van der Waals surface area contributed by atoms with Crippen LogP contribution in [0.3, 0.4) is 0 Å². The molecule has 0 aliphatic rings. The van der Waals surface area contributed by atoms with E-state index in [9.17, 15) is 0 Å². The van der Waals surface area contributed by atoms with E-state index < -0.39 is 21.6 Å². The quantitative estimate of drug-likeness (QED) is 0.178. The Bertz CT molecular complexity index is 231. The van der Waals surface area contributed by atoms with Gasteiger partial charge in [0.1, 0.15) is 0 Å². The Hall–Kier alpha value is -0.840. The molecule has 8 N–H and O–H groups in total. The smallest absolute Gasteiger partial charge is 0.466 e. The summed E-state index contributed by atoms with van der Waals surface area (Å²) in [4.78, 5) is 60.5. The Morgan fingerprint density at radius 2 is 0.941 bits per heavy atom. The third kappa shape index (κ3) is 3720. The van der Waals surface area contributed by atoms with E-state index in [4.69, 9.17) is 58.3 Å². The lowest BCUT2D eigenvalue weighted by Crippen LogP contribution is -1.78. The van der Waals surface area contributed by atoms with Crippen molar-refractivity contribution in [1.82, 2.24) is 0 Å². The Morgan fingerprint density at radius 3 is 0.941 bits per heavy atom. The molecule has 106 valence electrons. The molecule has 0 aromatic carbocycles. The molecule has 0 spiro atoms. The van der Waals surface area contributed by atoms with Gasteiger partial charge in [-0.15, -0.1) is 0 Å². The first-order chi connectivity index (χ1) is 7.15. The molecule has 0 fully saturated rings. The molecule has 0 saturated carbocycles. The van der Waals surface area contributed by atoms with Gasteiger partial charge in [-0.2, -0.15) is 0 Å². The minimum atomic E-state index is -4.64. The predicted octanol–water partition coefficient (Wildman–Crippen LogP) is -2.07. The summed E-state index contributed by atoms with van der Waals surface area (Å²) >= 11 is 0. The summed E-state index contributed by atoms with van der Waals surface area (Å²) in [5, 5.41) is 14.3. The fourth-order valence-electron chi connectivity index (χ4n) is 0. The fraction of sp³-hybridized carbons (Fsp3) is 0.333. The maximum atomic E-state index is 9.00. The monoisotopic (exact) mass is 302 g/mol. The summed E-state index contributed by atoms with van der Waals surface area (Å²) in [6, 6.07) is 0. The summed E-state index contributed by atoms with van der Waals surface area (Å²) in [5.41, 5.74) is 0. The van der Waals surface area contributed by atoms with Crippen LogP contribution in [0.25, 0.3) is 0 Å². The van der Waals surface area contributed by atoms with E-state index in [1.54, 1.807) is 0 Å². The molecule has 0 bridgehead atoms. The van der Waals surface area contributed by atoms with E-state index in [2.05, 4.69) is 0 Å². The zero-order valence-corrected chi connectivity index (χ0v) is 9.97. The second kappa shape index (κ2) is 13.2. The molecule has 0 aliphatic carbocycles. The second-order valence-electron chi connectivity index (χ2n) is 1.65. The van der Waals surface area contributed by atoms with Crippen molar-refractivity contribution in [3.8, 4) is 0 Å². The Kier molecular flexibility index (Phi) is 19.5. The van der Waals surface area contributed by atoms with Crippen molar-refractivity contribution < 1.29 is 58.3 Å². The first kappa shape index (κ1) is 25.1. The third-order valence-corrected chi connectivity index (χ3v) is 0. The summed E-state index contributed by atoms with van der Waals surface area (Å²) in [6.07, 6.45) is 0. The Labute approximate surface area is 94.3 Å². The van der Waals surface area contributed by atoms with Crippen molar-refractivity contribution in [2.75, 3.05) is 0 Å². The summed E-state index contributed by atoms with van der Waals surface area (Å²) in [7, 11) is -9.28. The zero-order chi connectivity index (χ0) is 15.3. The predicted molar refractivity (Wildman–Crippen MR) is 50.5 cm³/mol. The number of rotatable bonds is 0. The molecular weight excluding hydrogens is 290 g/mol. The van der Waals surface area contributed by atoms with Gasteiger partial charge in [0.25, 0.3) is 12.4 Å². The van der Waals surface area contributed by atoms with E-state index in [1.165, 1.54) is 0 Å². The molecule has 0 rings (SSSR count). The van der Waals surface area contributed by atoms with Crippen LogP contribution in [0.2, 0.25) is 0 Å². The van der Waals surface area contributed by atoms with Gasteiger partial charge in [0.05, 0.1) is 0 Å². The second-order valence-corrected chi connectivity index (χ2v) is 3.70. The first-order valence-corrected chi connectivity index (χ1v) is 6.12. The van der Waals surface area contributed by atoms with Crippen LogP contribution >= 0.6 is 15.6 Å². The van der Waals surface area contributed by atoms with Crippen molar-refractivity contribution in [3.63, 3.8) is 0 Å². The number of carboxylic acids is 1. The highest BCUT2D eigenvalue weighted by Gasteiger charge is 2.00. The van der Waals surface area contributed by atoms with Crippen molar-refractivity contribution in [1.29, 1.82) is 0 Å². The van der Waals surface area contributed by atoms with E-state index >= 15 is 0 Å². The van der Waals surface area contributed by atoms with Crippen LogP contribution in [0.1, 0.15) is 6.92 Å². The largest absolute Gasteiger partial charge is 0.483 e. The van der Waals surface area contributed by atoms with Crippen LogP contribution in [0.5, 0.6) is 0 Å². The summed E-state index contributed by atoms with van der Waals surface area (Å²) < 4.78 is 17.8. The van der Waals surface area contributed by atoms with Crippen LogP contribution in [-0.4, -0.2) is 52.0 Å². The van der Waals surface area contributed by atoms with E-state index in [0.29, 0.717) is 0 Å². The van der Waals surface area contributed by atoms with Gasteiger partial charge in [-0.05, 0) is 0 Å². The Morgan fingerprint density at radius 1 is 0.941 bits per heavy atom. The number of hydrogen-bond acceptors (Lipinski definition) is 4. The lowest BCUT2D eigenvalue weighted by Gasteiger charge is -1.82. The maximum Gasteiger partial charge on any atom is 0.466 e. The molecule has 0 atom stereocenters. The van der Waals surface area contributed by atoms with Gasteiger partial charge in [0.2, 0.25) is 0 Å². The molecule has 0 saturated heterocycles. The number of phosphoric acid groups is 2. The molecule has 0 amide bonds. The van der Waals surface area contributed by atoms with Gasteiger partial charge in [-0.25, -0.2) is 9.13 Å². The Balaban J connectivity index is -0.0000000676. The van der Waals surface area contributed by atoms with E-state index in [-0.39, 0.29) is 6.47 Å². The van der Waals surface area contributed by atoms with E-state index in [1.807, 2.05) is 0 Å². The molecule has 0 heterocycles. The molecule has 0 aromatic heterocycles. The average Bonchev–Trinajstić information content (AvgIpc) is 1.74. The standard InChI is InChI=1S/C2H4O2.CH2O2.2H3O4P/c1-2(3)4;2-1-3;2*1-5(2,3)4/h1H3,(H,3,4);1H,(H,2,3);2*(H3,1,2,3,4). The van der Waals surface area contributed by atoms with Crippen LogP contribution < -0.4 is 0 Å². The van der Waals surface area contributed by atoms with Gasteiger partial charge in [0.15, 0.2) is 0 Å². The maximum absolute atomic E-state index is 9.00. The number of carbonyl (C=O) groups is 2. The van der Waals surface area contributed by atoms with E-state index in [0.717, 1.165) is 6.92 Å². The highest BCUT2D eigenvalue weighted by Crippen LogP contribution is 2.26. The van der Waals surface area contributed by atoms with Crippen LogP contribution in [0, 0.1) is 0 Å². The normalized spacial score (nSPS) is 9.12. The van der Waals surface area contributed by atoms with Gasteiger partial charge in [0, 0.05) is 6.92 Å². The number of carboxylic acid groups (broad SMARTS) is 2. The molecule has 12 nitrogen and oxygen atoms in total.